The standard InChI is InChI=1S/C34H45N5O7S/c1-3-46-22-21-38-29-8-5-4-7-27(29)35-31(38)23-25-16-19-37(20-17-25)32(40)15-14-28(34(42)43)36-33(41)30-9-6-18-39(30)47(44,45)26-12-10-24(2)11-13-26/h4-5,7-8,10-13,25,28,30H,3,6,9,14-23H2,1-2H3,(H,36,41)(H,42,43)/t28-,30-/m0/s1. The van der Waals surface area contributed by atoms with Gasteiger partial charge in [0, 0.05) is 45.6 Å². The molecule has 5 rings (SSSR count). The number of aliphatic carboxylic acids is 1. The smallest absolute Gasteiger partial charge is 0.326 e. The van der Waals surface area contributed by atoms with Gasteiger partial charge in [-0.1, -0.05) is 29.8 Å². The fourth-order valence-electron chi connectivity index (χ4n) is 6.56. The van der Waals surface area contributed by atoms with Gasteiger partial charge in [0.25, 0.3) is 0 Å². The molecule has 2 amide bonds. The number of para-hydroxylation sites is 2. The Labute approximate surface area is 276 Å². The maximum absolute atomic E-state index is 13.3. The summed E-state index contributed by atoms with van der Waals surface area (Å²) in [5, 5.41) is 12.4. The molecule has 2 aliphatic rings. The zero-order chi connectivity index (χ0) is 33.6. The van der Waals surface area contributed by atoms with Gasteiger partial charge in [0.15, 0.2) is 0 Å². The Morgan fingerprint density at radius 1 is 1.04 bits per heavy atom. The highest BCUT2D eigenvalue weighted by Crippen LogP contribution is 2.28. The normalized spacial score (nSPS) is 18.4. The van der Waals surface area contributed by atoms with Crippen LogP contribution in [0.4, 0.5) is 0 Å². The van der Waals surface area contributed by atoms with Crippen molar-refractivity contribution < 1.29 is 32.6 Å². The fourth-order valence-corrected chi connectivity index (χ4v) is 8.22. The molecule has 0 unspecified atom stereocenters. The molecule has 254 valence electrons. The summed E-state index contributed by atoms with van der Waals surface area (Å²) in [5.41, 5.74) is 2.96. The summed E-state index contributed by atoms with van der Waals surface area (Å²) in [5.74, 6) is -0.701. The van der Waals surface area contributed by atoms with Crippen molar-refractivity contribution in [3.63, 3.8) is 0 Å². The molecule has 47 heavy (non-hydrogen) atoms. The number of carboxylic acids is 1. The van der Waals surface area contributed by atoms with Crippen LogP contribution in [0.15, 0.2) is 53.4 Å². The van der Waals surface area contributed by atoms with E-state index in [1.165, 1.54) is 12.1 Å². The molecule has 2 N–H and O–H groups in total. The lowest BCUT2D eigenvalue weighted by atomic mass is 9.93. The number of fused-ring (bicyclic) bond motifs is 1. The monoisotopic (exact) mass is 667 g/mol. The highest BCUT2D eigenvalue weighted by molar-refractivity contribution is 7.89. The molecule has 2 atom stereocenters. The van der Waals surface area contributed by atoms with Crippen LogP contribution in [0, 0.1) is 12.8 Å². The fraction of sp³-hybridized carbons (Fsp3) is 0.529. The molecule has 13 heteroatoms. The SMILES string of the molecule is CCOCCn1c(CC2CCN(C(=O)CC[C@H](NC(=O)[C@@H]3CCCN3S(=O)(=O)c3ccc(C)cc3)C(=O)O)CC2)nc2ccccc21. The summed E-state index contributed by atoms with van der Waals surface area (Å²) in [7, 11) is -3.93. The van der Waals surface area contributed by atoms with Gasteiger partial charge in [-0.3, -0.25) is 9.59 Å². The number of carboxylic acid groups (broad SMARTS) is 1. The van der Waals surface area contributed by atoms with Crippen molar-refractivity contribution in [2.75, 3.05) is 32.8 Å². The molecular formula is C34H45N5O7S. The molecule has 3 aromatic rings. The maximum atomic E-state index is 13.3. The molecule has 0 spiro atoms. The van der Waals surface area contributed by atoms with E-state index in [1.807, 2.05) is 32.0 Å². The van der Waals surface area contributed by atoms with E-state index in [4.69, 9.17) is 9.72 Å². The number of hydrogen-bond acceptors (Lipinski definition) is 7. The number of nitrogens with zero attached hydrogens (tertiary/aromatic N) is 4. The van der Waals surface area contributed by atoms with E-state index in [2.05, 4.69) is 16.0 Å². The minimum absolute atomic E-state index is 0.0365. The second-order valence-electron chi connectivity index (χ2n) is 12.4. The zero-order valence-electron chi connectivity index (χ0n) is 27.1. The zero-order valence-corrected chi connectivity index (χ0v) is 28.0. The molecule has 0 aliphatic carbocycles. The van der Waals surface area contributed by atoms with E-state index in [0.29, 0.717) is 45.1 Å². The van der Waals surface area contributed by atoms with Gasteiger partial charge in [0.2, 0.25) is 21.8 Å². The second kappa shape index (κ2) is 15.4. The molecule has 0 saturated carbocycles. The third-order valence-electron chi connectivity index (χ3n) is 9.23. The van der Waals surface area contributed by atoms with Crippen molar-refractivity contribution in [1.29, 1.82) is 0 Å². The highest BCUT2D eigenvalue weighted by atomic mass is 32.2. The summed E-state index contributed by atoms with van der Waals surface area (Å²) in [6.07, 6.45) is 3.08. The third-order valence-corrected chi connectivity index (χ3v) is 11.2. The molecule has 3 heterocycles. The van der Waals surface area contributed by atoms with Gasteiger partial charge in [-0.15, -0.1) is 0 Å². The highest BCUT2D eigenvalue weighted by Gasteiger charge is 2.40. The lowest BCUT2D eigenvalue weighted by Crippen LogP contribution is -2.51. The van der Waals surface area contributed by atoms with Crippen molar-refractivity contribution in [2.45, 2.75) is 82.3 Å². The quantitative estimate of drug-likeness (QED) is 0.249. The Bertz CT molecular complexity index is 1670. The number of aromatic nitrogens is 2. The van der Waals surface area contributed by atoms with Crippen LogP contribution in [0.5, 0.6) is 0 Å². The Kier molecular flexibility index (Phi) is 11.3. The number of carbonyl (C=O) groups excluding carboxylic acids is 2. The maximum Gasteiger partial charge on any atom is 0.326 e. The van der Waals surface area contributed by atoms with Gasteiger partial charge in [-0.2, -0.15) is 4.31 Å². The summed E-state index contributed by atoms with van der Waals surface area (Å²) in [6, 6.07) is 12.2. The largest absolute Gasteiger partial charge is 0.480 e. The van der Waals surface area contributed by atoms with E-state index < -0.39 is 34.0 Å². The van der Waals surface area contributed by atoms with Crippen molar-refractivity contribution in [3.05, 3.63) is 59.9 Å². The number of nitrogens with one attached hydrogen (secondary N) is 1. The molecule has 1 aromatic heterocycles. The van der Waals surface area contributed by atoms with Gasteiger partial charge >= 0.3 is 5.97 Å². The molecule has 0 bridgehead atoms. The number of piperidine rings is 1. The number of benzene rings is 2. The number of imidazole rings is 1. The number of aryl methyl sites for hydroxylation is 1. The van der Waals surface area contributed by atoms with Crippen LogP contribution in [0.3, 0.4) is 0 Å². The van der Waals surface area contributed by atoms with Gasteiger partial charge in [-0.05, 0) is 76.1 Å². The topological polar surface area (TPSA) is 151 Å². The van der Waals surface area contributed by atoms with Crippen LogP contribution in [0.2, 0.25) is 0 Å². The number of carbonyl (C=O) groups is 3. The number of hydrogen-bond donors (Lipinski definition) is 2. The van der Waals surface area contributed by atoms with Crippen molar-refractivity contribution in [3.8, 4) is 0 Å². The molecule has 2 aliphatic heterocycles. The predicted molar refractivity (Wildman–Crippen MR) is 176 cm³/mol. The van der Waals surface area contributed by atoms with Crippen LogP contribution in [0.25, 0.3) is 11.0 Å². The predicted octanol–water partition coefficient (Wildman–Crippen LogP) is 3.37. The number of sulfonamides is 1. The minimum Gasteiger partial charge on any atom is -0.480 e. The molecule has 2 aromatic carbocycles. The summed E-state index contributed by atoms with van der Waals surface area (Å²) in [6.45, 7) is 7.14. The molecule has 2 fully saturated rings. The lowest BCUT2D eigenvalue weighted by molar-refractivity contribution is -0.143. The van der Waals surface area contributed by atoms with Gasteiger partial charge in [-0.25, -0.2) is 18.2 Å². The van der Waals surface area contributed by atoms with Crippen molar-refractivity contribution in [1.82, 2.24) is 24.1 Å². The van der Waals surface area contributed by atoms with E-state index >= 15 is 0 Å². The van der Waals surface area contributed by atoms with Gasteiger partial charge in [0.1, 0.15) is 17.9 Å². The van der Waals surface area contributed by atoms with E-state index in [9.17, 15) is 27.9 Å². The number of amides is 2. The van der Waals surface area contributed by atoms with Crippen LogP contribution in [-0.4, -0.2) is 95.0 Å². The third kappa shape index (κ3) is 8.20. The van der Waals surface area contributed by atoms with Crippen LogP contribution < -0.4 is 5.32 Å². The first kappa shape index (κ1) is 34.5. The van der Waals surface area contributed by atoms with E-state index in [0.717, 1.165) is 52.5 Å². The minimum atomic E-state index is -3.93. The molecular weight excluding hydrogens is 622 g/mol. The van der Waals surface area contributed by atoms with E-state index in [1.54, 1.807) is 17.0 Å². The Balaban J connectivity index is 1.13. The molecule has 0 radical (unpaired) electrons. The van der Waals surface area contributed by atoms with Crippen LogP contribution in [-0.2, 0) is 42.1 Å². The van der Waals surface area contributed by atoms with Crippen LogP contribution >= 0.6 is 0 Å². The Morgan fingerprint density at radius 2 is 1.77 bits per heavy atom. The van der Waals surface area contributed by atoms with Crippen molar-refractivity contribution >= 4 is 38.8 Å². The first-order valence-electron chi connectivity index (χ1n) is 16.5. The first-order chi connectivity index (χ1) is 22.6. The summed E-state index contributed by atoms with van der Waals surface area (Å²) >= 11 is 0. The van der Waals surface area contributed by atoms with Gasteiger partial charge in [0.05, 0.1) is 22.5 Å². The number of rotatable bonds is 14. The number of likely N-dealkylation sites (tertiary alicyclic amines) is 1. The summed E-state index contributed by atoms with van der Waals surface area (Å²) in [4.78, 5) is 45.1. The molecule has 2 saturated heterocycles. The Morgan fingerprint density at radius 3 is 2.47 bits per heavy atom. The van der Waals surface area contributed by atoms with Crippen LogP contribution in [0.1, 0.15) is 56.8 Å². The van der Waals surface area contributed by atoms with E-state index in [-0.39, 0.29) is 30.2 Å². The lowest BCUT2D eigenvalue weighted by Gasteiger charge is -2.32. The average Bonchev–Trinajstić information content (AvgIpc) is 3.69. The molecule has 12 nitrogen and oxygen atoms in total. The average molecular weight is 668 g/mol. The number of ether oxygens (including phenoxy) is 1. The Hall–Kier alpha value is -3.81. The second-order valence-corrected chi connectivity index (χ2v) is 14.3. The first-order valence-corrected chi connectivity index (χ1v) is 17.9. The van der Waals surface area contributed by atoms with Gasteiger partial charge < -0.3 is 24.6 Å². The van der Waals surface area contributed by atoms with Crippen molar-refractivity contribution in [2.24, 2.45) is 5.92 Å². The summed E-state index contributed by atoms with van der Waals surface area (Å²) < 4.78 is 35.5.